The second-order valence-electron chi connectivity index (χ2n) is 10.8. The number of fused-ring (bicyclic) bond motifs is 10. The van der Waals surface area contributed by atoms with E-state index in [9.17, 15) is 0 Å². The molecule has 10 aromatic rings. The van der Waals surface area contributed by atoms with E-state index in [-0.39, 0.29) is 38.6 Å². The van der Waals surface area contributed by atoms with Crippen LogP contribution in [0.1, 0.15) is 17.8 Å². The zero-order valence-corrected chi connectivity index (χ0v) is 23.3. The molecule has 45 heavy (non-hydrogen) atoms. The van der Waals surface area contributed by atoms with Gasteiger partial charge in [-0.2, -0.15) is 0 Å². The van der Waals surface area contributed by atoms with Crippen LogP contribution in [-0.2, 0) is 0 Å². The summed E-state index contributed by atoms with van der Waals surface area (Å²) in [6.45, 7) is 0. The molecule has 0 N–H and O–H groups in total. The number of aromatic nitrogens is 2. The highest BCUT2D eigenvalue weighted by molar-refractivity contribution is 6.21. The third-order valence-corrected chi connectivity index (χ3v) is 8.42. The molecule has 3 aromatic heterocycles. The molecule has 0 saturated carbocycles. The number of para-hydroxylation sites is 4. The summed E-state index contributed by atoms with van der Waals surface area (Å²) in [5.41, 5.74) is 2.88. The van der Waals surface area contributed by atoms with E-state index in [4.69, 9.17) is 22.2 Å². The molecular formula is C42H26N2O. The maximum Gasteiger partial charge on any atom is 0.160 e. The zero-order chi connectivity index (χ0) is 40.8. The van der Waals surface area contributed by atoms with Gasteiger partial charge in [0.05, 0.1) is 39.9 Å². The van der Waals surface area contributed by atoms with E-state index < -0.39 is 78.6 Å². The number of nitrogens with zero attached hydrogens (tertiary/aromatic N) is 2. The predicted molar refractivity (Wildman–Crippen MR) is 188 cm³/mol. The normalized spacial score (nSPS) is 16.0. The molecule has 0 spiro atoms. The van der Waals surface area contributed by atoms with Gasteiger partial charge in [0.25, 0.3) is 0 Å². The van der Waals surface area contributed by atoms with Crippen LogP contribution in [0.2, 0.25) is 0 Å². The fraction of sp³-hybridized carbons (Fsp3) is 0. The topological polar surface area (TPSA) is 23.0 Å². The third-order valence-electron chi connectivity index (χ3n) is 8.42. The van der Waals surface area contributed by atoms with Crippen molar-refractivity contribution in [3.05, 3.63) is 157 Å². The first-order valence-electron chi connectivity index (χ1n) is 20.8. The third kappa shape index (κ3) is 3.46. The first-order valence-corrected chi connectivity index (χ1v) is 14.3. The quantitative estimate of drug-likeness (QED) is 0.202. The standard InChI is InChI=1S/C42H26N2O/c1-2-12-27(13-3-1)28-24-29(43-37-18-8-4-14-31(37)32-15-5-9-19-38(32)43)26-30(25-28)44-39-20-10-6-16-33(39)35-22-23-36-34-17-7-11-21-40(34)45-42(36)41(35)44/h1-26H/i1D,2D,3D,4D,5D,8D,9D,12D,13D,14D,15D,18D,19D. The van der Waals surface area contributed by atoms with Gasteiger partial charge in [-0.1, -0.05) is 109 Å². The van der Waals surface area contributed by atoms with Gasteiger partial charge in [-0.25, -0.2) is 0 Å². The second kappa shape index (κ2) is 9.22. The van der Waals surface area contributed by atoms with Crippen LogP contribution in [0, 0.1) is 0 Å². The van der Waals surface area contributed by atoms with Gasteiger partial charge in [0.1, 0.15) is 5.58 Å². The van der Waals surface area contributed by atoms with Crippen LogP contribution in [0.15, 0.2) is 162 Å². The molecule has 7 aromatic carbocycles. The van der Waals surface area contributed by atoms with E-state index in [2.05, 4.69) is 0 Å². The van der Waals surface area contributed by atoms with Crippen LogP contribution >= 0.6 is 0 Å². The number of rotatable bonds is 3. The Bertz CT molecular complexity index is 3400. The number of furan rings is 1. The minimum atomic E-state index is -0.589. The molecule has 210 valence electrons. The Morgan fingerprint density at radius 3 is 1.84 bits per heavy atom. The lowest BCUT2D eigenvalue weighted by molar-refractivity contribution is 0.671. The molecule has 0 saturated heterocycles. The Kier molecular flexibility index (Phi) is 3.09. The van der Waals surface area contributed by atoms with Crippen LogP contribution < -0.4 is 0 Å². The molecule has 3 nitrogen and oxygen atoms in total. The lowest BCUT2D eigenvalue weighted by atomic mass is 10.0. The molecule has 0 atom stereocenters. The minimum absolute atomic E-state index is 0.122. The van der Waals surface area contributed by atoms with Crippen LogP contribution in [-0.4, -0.2) is 9.13 Å². The Morgan fingerprint density at radius 2 is 1.07 bits per heavy atom. The first kappa shape index (κ1) is 15.1. The van der Waals surface area contributed by atoms with Gasteiger partial charge in [-0.05, 0) is 59.6 Å². The highest BCUT2D eigenvalue weighted by atomic mass is 16.3. The predicted octanol–water partition coefficient (Wildman–Crippen LogP) is 11.4. The zero-order valence-electron chi connectivity index (χ0n) is 36.3. The number of hydrogen-bond acceptors (Lipinski definition) is 1. The monoisotopic (exact) mass is 587 g/mol. The largest absolute Gasteiger partial charge is 0.454 e. The van der Waals surface area contributed by atoms with Crippen molar-refractivity contribution in [1.82, 2.24) is 9.13 Å². The SMILES string of the molecule is [2H]c1c([2H])c([2H])c(-c2cc(-n3c4c([2H])c([2H])c([2H])c([2H])c4c4c([2H])c([2H])c([2H])c([2H])c43)cc(-n3c4ccccc4c4ccc5c6ccccc6oc5c43)c2)c([2H])c1[2H]. The molecule has 0 unspecified atom stereocenters. The van der Waals surface area contributed by atoms with Gasteiger partial charge in [-0.15, -0.1) is 0 Å². The summed E-state index contributed by atoms with van der Waals surface area (Å²) in [6.07, 6.45) is 0. The van der Waals surface area contributed by atoms with Crippen molar-refractivity contribution in [2.45, 2.75) is 0 Å². The molecule has 0 aliphatic rings. The van der Waals surface area contributed by atoms with Crippen molar-refractivity contribution < 1.29 is 22.2 Å². The van der Waals surface area contributed by atoms with Gasteiger partial charge in [0, 0.05) is 43.7 Å². The summed E-state index contributed by atoms with van der Waals surface area (Å²) in [6, 6.07) is 17.1. The lowest BCUT2D eigenvalue weighted by Crippen LogP contribution is -2.00. The van der Waals surface area contributed by atoms with Crippen molar-refractivity contribution in [3.8, 4) is 22.5 Å². The van der Waals surface area contributed by atoms with Crippen molar-refractivity contribution in [2.24, 2.45) is 0 Å². The summed E-state index contributed by atoms with van der Waals surface area (Å²) in [5, 5.41) is 3.17. The summed E-state index contributed by atoms with van der Waals surface area (Å²) in [4.78, 5) is 0. The van der Waals surface area contributed by atoms with Crippen LogP contribution in [0.3, 0.4) is 0 Å². The lowest BCUT2D eigenvalue weighted by Gasteiger charge is -2.16. The molecule has 0 aliphatic heterocycles. The van der Waals surface area contributed by atoms with E-state index in [1.807, 2.05) is 65.2 Å². The Labute approximate surface area is 277 Å². The first-order chi connectivity index (χ1) is 27.7. The summed E-state index contributed by atoms with van der Waals surface area (Å²) >= 11 is 0. The van der Waals surface area contributed by atoms with E-state index in [0.717, 1.165) is 27.1 Å². The Balaban J connectivity index is 1.45. The summed E-state index contributed by atoms with van der Waals surface area (Å²) in [7, 11) is 0. The fourth-order valence-corrected chi connectivity index (χ4v) is 6.57. The summed E-state index contributed by atoms with van der Waals surface area (Å²) < 4.78 is 124. The van der Waals surface area contributed by atoms with Crippen molar-refractivity contribution >= 4 is 65.6 Å². The molecule has 0 bridgehead atoms. The maximum atomic E-state index is 9.14. The fourth-order valence-electron chi connectivity index (χ4n) is 6.57. The second-order valence-corrected chi connectivity index (χ2v) is 10.8. The average Bonchev–Trinajstić information content (AvgIpc) is 3.90. The molecule has 10 rings (SSSR count). The van der Waals surface area contributed by atoms with Crippen LogP contribution in [0.25, 0.3) is 88.1 Å². The van der Waals surface area contributed by atoms with E-state index in [0.29, 0.717) is 22.4 Å². The average molecular weight is 588 g/mol. The molecule has 0 aliphatic carbocycles. The van der Waals surface area contributed by atoms with Crippen LogP contribution in [0.5, 0.6) is 0 Å². The van der Waals surface area contributed by atoms with E-state index in [1.54, 1.807) is 12.1 Å². The number of hydrogen-bond donors (Lipinski definition) is 0. The van der Waals surface area contributed by atoms with E-state index in [1.165, 1.54) is 10.6 Å². The highest BCUT2D eigenvalue weighted by Crippen LogP contribution is 2.42. The number of benzene rings is 7. The molecular weight excluding hydrogens is 548 g/mol. The van der Waals surface area contributed by atoms with E-state index >= 15 is 0 Å². The van der Waals surface area contributed by atoms with Gasteiger partial charge in [0.15, 0.2) is 5.58 Å². The highest BCUT2D eigenvalue weighted by Gasteiger charge is 2.20. The van der Waals surface area contributed by atoms with Crippen molar-refractivity contribution in [1.29, 1.82) is 0 Å². The smallest absolute Gasteiger partial charge is 0.160 e. The Hall–Kier alpha value is -6.06. The maximum absolute atomic E-state index is 9.14. The van der Waals surface area contributed by atoms with Gasteiger partial charge < -0.3 is 13.6 Å². The summed E-state index contributed by atoms with van der Waals surface area (Å²) in [5.74, 6) is 0. The molecule has 0 fully saturated rings. The van der Waals surface area contributed by atoms with Crippen molar-refractivity contribution in [3.63, 3.8) is 0 Å². The molecule has 0 amide bonds. The van der Waals surface area contributed by atoms with Gasteiger partial charge >= 0.3 is 0 Å². The Morgan fingerprint density at radius 1 is 0.444 bits per heavy atom. The minimum Gasteiger partial charge on any atom is -0.454 e. The van der Waals surface area contributed by atoms with Crippen LogP contribution in [0.4, 0.5) is 0 Å². The molecule has 3 heterocycles. The van der Waals surface area contributed by atoms with Gasteiger partial charge in [0.2, 0.25) is 0 Å². The van der Waals surface area contributed by atoms with Crippen molar-refractivity contribution in [2.75, 3.05) is 0 Å². The van der Waals surface area contributed by atoms with Gasteiger partial charge in [-0.3, -0.25) is 0 Å². The molecule has 0 radical (unpaired) electrons. The molecule has 3 heteroatoms.